The summed E-state index contributed by atoms with van der Waals surface area (Å²) < 4.78 is 0. The lowest BCUT2D eigenvalue weighted by Gasteiger charge is -2.36. The summed E-state index contributed by atoms with van der Waals surface area (Å²) in [6.45, 7) is 3.02. The van der Waals surface area contributed by atoms with Crippen LogP contribution in [0.5, 0.6) is 0 Å². The van der Waals surface area contributed by atoms with E-state index < -0.39 is 23.0 Å². The van der Waals surface area contributed by atoms with Crippen LogP contribution in [0.3, 0.4) is 0 Å². The number of aliphatic carboxylic acids is 2. The molecular formula is C12H14N2O4. The minimum absolute atomic E-state index is 0.412. The number of nitrogens with one attached hydrogen (secondary N) is 2. The Kier molecular flexibility index (Phi) is 2.46. The van der Waals surface area contributed by atoms with Gasteiger partial charge in [-0.25, -0.2) is 9.59 Å². The topological polar surface area (TPSA) is 98.7 Å². The fourth-order valence-electron chi connectivity index (χ4n) is 1.76. The highest BCUT2D eigenvalue weighted by Gasteiger charge is 2.39. The number of rotatable bonds is 2. The van der Waals surface area contributed by atoms with Crippen molar-refractivity contribution in [2.45, 2.75) is 24.9 Å². The predicted octanol–water partition coefficient (Wildman–Crippen LogP) is 0.203. The molecule has 0 saturated carbocycles. The molecule has 0 aromatic carbocycles. The molecule has 0 spiro atoms. The van der Waals surface area contributed by atoms with Crippen molar-refractivity contribution in [3.05, 3.63) is 35.7 Å². The van der Waals surface area contributed by atoms with Crippen LogP contribution in [-0.4, -0.2) is 33.2 Å². The number of dihydropyridines is 2. The van der Waals surface area contributed by atoms with Gasteiger partial charge in [-0.3, -0.25) is 0 Å². The van der Waals surface area contributed by atoms with Gasteiger partial charge in [0.15, 0.2) is 11.1 Å². The van der Waals surface area contributed by atoms with E-state index in [0.29, 0.717) is 5.82 Å². The molecule has 0 aromatic rings. The third-order valence-electron chi connectivity index (χ3n) is 3.14. The zero-order valence-electron chi connectivity index (χ0n) is 10.0. The number of carboxylic acids is 2. The van der Waals surface area contributed by atoms with Crippen LogP contribution >= 0.6 is 0 Å². The molecule has 0 aromatic heterocycles. The summed E-state index contributed by atoms with van der Waals surface area (Å²) in [6, 6.07) is 0. The Balaban J connectivity index is 2.32. The van der Waals surface area contributed by atoms with E-state index in [1.165, 1.54) is 26.0 Å². The molecule has 4 N–H and O–H groups in total. The van der Waals surface area contributed by atoms with Crippen molar-refractivity contribution >= 4 is 11.9 Å². The lowest BCUT2D eigenvalue weighted by atomic mass is 9.91. The summed E-state index contributed by atoms with van der Waals surface area (Å²) in [5.74, 6) is -1.65. The number of carbonyl (C=O) groups is 2. The predicted molar refractivity (Wildman–Crippen MR) is 63.7 cm³/mol. The maximum atomic E-state index is 11.1. The van der Waals surface area contributed by atoms with E-state index in [9.17, 15) is 9.59 Å². The molecule has 2 aliphatic heterocycles. The van der Waals surface area contributed by atoms with Gasteiger partial charge in [-0.1, -0.05) is 12.2 Å². The highest BCUT2D eigenvalue weighted by Crippen LogP contribution is 2.25. The highest BCUT2D eigenvalue weighted by molar-refractivity contribution is 5.84. The molecule has 0 fully saturated rings. The first-order chi connectivity index (χ1) is 8.27. The third kappa shape index (κ3) is 1.75. The van der Waals surface area contributed by atoms with Crippen LogP contribution in [0.25, 0.3) is 0 Å². The fourth-order valence-corrected chi connectivity index (χ4v) is 1.76. The second-order valence-corrected chi connectivity index (χ2v) is 4.76. The van der Waals surface area contributed by atoms with Gasteiger partial charge >= 0.3 is 11.9 Å². The van der Waals surface area contributed by atoms with E-state index in [1.54, 1.807) is 12.2 Å². The summed E-state index contributed by atoms with van der Waals surface area (Å²) >= 11 is 0. The fraction of sp³-hybridized carbons (Fsp3) is 0.333. The van der Waals surface area contributed by atoms with Crippen molar-refractivity contribution < 1.29 is 19.8 Å². The van der Waals surface area contributed by atoms with Gasteiger partial charge in [0.1, 0.15) is 5.82 Å². The van der Waals surface area contributed by atoms with Crippen LogP contribution in [0.4, 0.5) is 0 Å². The molecule has 0 bridgehead atoms. The quantitative estimate of drug-likeness (QED) is 0.559. The smallest absolute Gasteiger partial charge is 0.333 e. The Morgan fingerprint density at radius 3 is 1.72 bits per heavy atom. The first kappa shape index (κ1) is 12.2. The van der Waals surface area contributed by atoms with Crippen molar-refractivity contribution in [3.8, 4) is 0 Å². The van der Waals surface area contributed by atoms with Gasteiger partial charge in [0.05, 0.1) is 0 Å². The van der Waals surface area contributed by atoms with Crippen LogP contribution in [-0.2, 0) is 9.59 Å². The van der Waals surface area contributed by atoms with Gasteiger partial charge in [0.25, 0.3) is 0 Å². The average Bonchev–Trinajstić information content (AvgIpc) is 2.28. The van der Waals surface area contributed by atoms with Crippen LogP contribution < -0.4 is 10.6 Å². The molecule has 0 saturated heterocycles. The zero-order chi connectivity index (χ0) is 13.6. The summed E-state index contributed by atoms with van der Waals surface area (Å²) in [7, 11) is 0. The van der Waals surface area contributed by atoms with Crippen LogP contribution in [0, 0.1) is 0 Å². The third-order valence-corrected chi connectivity index (χ3v) is 3.14. The molecule has 96 valence electrons. The Morgan fingerprint density at radius 1 is 1.00 bits per heavy atom. The van der Waals surface area contributed by atoms with Gasteiger partial charge in [-0.05, 0) is 26.0 Å². The second kappa shape index (κ2) is 3.63. The maximum absolute atomic E-state index is 11.1. The molecule has 6 nitrogen and oxygen atoms in total. The average molecular weight is 250 g/mol. The van der Waals surface area contributed by atoms with Gasteiger partial charge in [0.2, 0.25) is 0 Å². The van der Waals surface area contributed by atoms with E-state index in [0.717, 1.165) is 5.57 Å². The minimum atomic E-state index is -1.24. The minimum Gasteiger partial charge on any atom is -0.479 e. The van der Waals surface area contributed by atoms with E-state index in [1.807, 2.05) is 0 Å². The van der Waals surface area contributed by atoms with E-state index in [2.05, 4.69) is 10.6 Å². The van der Waals surface area contributed by atoms with Crippen molar-refractivity contribution in [3.63, 3.8) is 0 Å². The molecule has 2 unspecified atom stereocenters. The van der Waals surface area contributed by atoms with Gasteiger partial charge in [-0.15, -0.1) is 0 Å². The Morgan fingerprint density at radius 2 is 1.39 bits per heavy atom. The highest BCUT2D eigenvalue weighted by atomic mass is 16.4. The van der Waals surface area contributed by atoms with Crippen LogP contribution in [0.1, 0.15) is 13.8 Å². The standard InChI is InChI=1S/C12H14N2O4/c1-11(9(15)16)5-3-7-4-6-12(2,10(17)18)14-8(7)13-11/h3-6,13-14H,1-2H3,(H,15,16)(H,17,18). The lowest BCUT2D eigenvalue weighted by Crippen LogP contribution is -2.58. The summed E-state index contributed by atoms with van der Waals surface area (Å²) in [4.78, 5) is 22.3. The molecule has 2 atom stereocenters. The van der Waals surface area contributed by atoms with Gasteiger partial charge < -0.3 is 20.8 Å². The second-order valence-electron chi connectivity index (χ2n) is 4.76. The van der Waals surface area contributed by atoms with Gasteiger partial charge in [0, 0.05) is 5.57 Å². The number of allylic oxidation sites excluding steroid dienone is 3. The zero-order valence-corrected chi connectivity index (χ0v) is 10.0. The molecule has 18 heavy (non-hydrogen) atoms. The van der Waals surface area contributed by atoms with Crippen LogP contribution in [0.15, 0.2) is 35.7 Å². The van der Waals surface area contributed by atoms with Crippen LogP contribution in [0.2, 0.25) is 0 Å². The number of hydrogen-bond acceptors (Lipinski definition) is 4. The monoisotopic (exact) mass is 250 g/mol. The molecule has 2 heterocycles. The molecule has 0 amide bonds. The summed E-state index contributed by atoms with van der Waals surface area (Å²) in [6.07, 6.45) is 6.38. The largest absolute Gasteiger partial charge is 0.479 e. The Hall–Kier alpha value is -2.24. The van der Waals surface area contributed by atoms with Gasteiger partial charge in [-0.2, -0.15) is 0 Å². The van der Waals surface area contributed by atoms with E-state index in [-0.39, 0.29) is 0 Å². The van der Waals surface area contributed by atoms with E-state index in [4.69, 9.17) is 10.2 Å². The molecule has 0 aliphatic carbocycles. The Bertz CT molecular complexity index is 476. The number of carboxylic acid groups (broad SMARTS) is 2. The normalized spacial score (nSPS) is 33.4. The SMILES string of the molecule is CC1(C(=O)O)C=CC2=C(N1)NC(C)(C(=O)O)C=C2. The lowest BCUT2D eigenvalue weighted by molar-refractivity contribution is -0.141. The Labute approximate surface area is 104 Å². The van der Waals surface area contributed by atoms with Crippen molar-refractivity contribution in [1.29, 1.82) is 0 Å². The first-order valence-electron chi connectivity index (χ1n) is 5.43. The van der Waals surface area contributed by atoms with Crippen molar-refractivity contribution in [2.75, 3.05) is 0 Å². The van der Waals surface area contributed by atoms with Crippen molar-refractivity contribution in [2.24, 2.45) is 0 Å². The molecule has 2 rings (SSSR count). The molecule has 0 radical (unpaired) electrons. The maximum Gasteiger partial charge on any atom is 0.333 e. The van der Waals surface area contributed by atoms with Crippen molar-refractivity contribution in [1.82, 2.24) is 10.6 Å². The summed E-state index contributed by atoms with van der Waals surface area (Å²) in [5, 5.41) is 23.9. The summed E-state index contributed by atoms with van der Waals surface area (Å²) in [5.41, 5.74) is -1.75. The van der Waals surface area contributed by atoms with E-state index >= 15 is 0 Å². The molecular weight excluding hydrogens is 236 g/mol. The molecule has 2 aliphatic rings. The molecule has 6 heteroatoms. The first-order valence-corrected chi connectivity index (χ1v) is 5.43. The number of hydrogen-bond donors (Lipinski definition) is 4.